The van der Waals surface area contributed by atoms with Crippen LogP contribution in [-0.4, -0.2) is 36.9 Å². The van der Waals surface area contributed by atoms with Gasteiger partial charge in [-0.1, -0.05) is 13.3 Å². The Morgan fingerprint density at radius 3 is 3.00 bits per heavy atom. The van der Waals surface area contributed by atoms with E-state index >= 15 is 0 Å². The van der Waals surface area contributed by atoms with Crippen LogP contribution in [0.4, 0.5) is 0 Å². The van der Waals surface area contributed by atoms with Crippen molar-refractivity contribution in [3.8, 4) is 0 Å². The maximum atomic E-state index is 11.5. The highest BCUT2D eigenvalue weighted by Crippen LogP contribution is 2.19. The Labute approximate surface area is 95.4 Å². The van der Waals surface area contributed by atoms with E-state index in [2.05, 4.69) is 12.2 Å². The summed E-state index contributed by atoms with van der Waals surface area (Å²) in [5.74, 6) is -0.147. The lowest BCUT2D eigenvalue weighted by molar-refractivity contribution is -0.139. The molecule has 1 heterocycles. The van der Waals surface area contributed by atoms with Gasteiger partial charge in [0.15, 0.2) is 5.88 Å². The predicted molar refractivity (Wildman–Crippen MR) is 58.5 cm³/mol. The van der Waals surface area contributed by atoms with Crippen molar-refractivity contribution in [2.45, 2.75) is 32.8 Å². The third-order valence-electron chi connectivity index (χ3n) is 2.27. The van der Waals surface area contributed by atoms with E-state index in [1.165, 1.54) is 0 Å². The number of rotatable bonds is 6. The zero-order valence-electron chi connectivity index (χ0n) is 9.78. The summed E-state index contributed by atoms with van der Waals surface area (Å²) >= 11 is 0. The number of carbonyl (C=O) groups is 1. The molecule has 0 aromatic heterocycles. The summed E-state index contributed by atoms with van der Waals surface area (Å²) in [6, 6.07) is 0. The van der Waals surface area contributed by atoms with Crippen molar-refractivity contribution in [3.05, 3.63) is 11.5 Å². The van der Waals surface area contributed by atoms with Crippen molar-refractivity contribution >= 4 is 5.97 Å². The lowest BCUT2D eigenvalue weighted by atomic mass is 10.2. The molecule has 1 aliphatic rings. The Hall–Kier alpha value is -1.23. The molecule has 16 heavy (non-hydrogen) atoms. The summed E-state index contributed by atoms with van der Waals surface area (Å²) < 4.78 is 10.1. The van der Waals surface area contributed by atoms with Crippen molar-refractivity contribution in [3.63, 3.8) is 0 Å². The highest BCUT2D eigenvalue weighted by atomic mass is 16.5. The molecule has 1 rings (SSSR count). The molecular weight excluding hydrogens is 210 g/mol. The summed E-state index contributed by atoms with van der Waals surface area (Å²) in [6.45, 7) is 4.93. The molecule has 1 aliphatic heterocycles. The van der Waals surface area contributed by atoms with E-state index in [1.807, 2.05) is 0 Å². The van der Waals surface area contributed by atoms with Crippen LogP contribution in [0.5, 0.6) is 0 Å². The summed E-state index contributed by atoms with van der Waals surface area (Å²) in [7, 11) is 0. The number of esters is 1. The van der Waals surface area contributed by atoms with Gasteiger partial charge in [-0.2, -0.15) is 0 Å². The summed E-state index contributed by atoms with van der Waals surface area (Å²) in [4.78, 5) is 11.5. The molecule has 0 saturated heterocycles. The van der Waals surface area contributed by atoms with Crippen LogP contribution < -0.4 is 5.32 Å². The molecule has 0 aromatic rings. The standard InChI is InChI=1S/C11H19NO4/c1-3-5-6-12-10-9(8(13)7-16-10)11(14)15-4-2/h8,12-13H,3-7H2,1-2H3/t8-/m1/s1. The van der Waals surface area contributed by atoms with Crippen molar-refractivity contribution in [1.82, 2.24) is 5.32 Å². The summed E-state index contributed by atoms with van der Waals surface area (Å²) in [6.07, 6.45) is 1.15. The van der Waals surface area contributed by atoms with Crippen LogP contribution in [0.3, 0.4) is 0 Å². The average molecular weight is 229 g/mol. The predicted octanol–water partition coefficient (Wildman–Crippen LogP) is 0.542. The molecule has 5 heteroatoms. The Kier molecular flexibility index (Phi) is 5.11. The van der Waals surface area contributed by atoms with E-state index in [0.717, 1.165) is 19.4 Å². The van der Waals surface area contributed by atoms with Crippen LogP contribution in [0.25, 0.3) is 0 Å². The van der Waals surface area contributed by atoms with Crippen LogP contribution in [0, 0.1) is 0 Å². The first kappa shape index (κ1) is 12.8. The SMILES string of the molecule is CCCCNC1=C(C(=O)OCC)[C@H](O)CO1. The van der Waals surface area contributed by atoms with Gasteiger partial charge < -0.3 is 19.9 Å². The lowest BCUT2D eigenvalue weighted by Crippen LogP contribution is -2.22. The number of carbonyl (C=O) groups excluding carboxylic acids is 1. The molecule has 0 aliphatic carbocycles. The molecule has 0 fully saturated rings. The molecule has 92 valence electrons. The molecule has 0 bridgehead atoms. The maximum Gasteiger partial charge on any atom is 0.342 e. The Bertz CT molecular complexity index is 275. The van der Waals surface area contributed by atoms with Gasteiger partial charge in [0.05, 0.1) is 6.61 Å². The first-order valence-electron chi connectivity index (χ1n) is 5.66. The molecule has 0 saturated carbocycles. The first-order chi connectivity index (χ1) is 7.70. The largest absolute Gasteiger partial charge is 0.476 e. The van der Waals surface area contributed by atoms with Gasteiger partial charge in [-0.25, -0.2) is 4.79 Å². The monoisotopic (exact) mass is 229 g/mol. The van der Waals surface area contributed by atoms with E-state index in [0.29, 0.717) is 5.88 Å². The Balaban J connectivity index is 2.63. The number of nitrogens with one attached hydrogen (secondary N) is 1. The molecule has 0 spiro atoms. The van der Waals surface area contributed by atoms with Crippen LogP contribution in [0.2, 0.25) is 0 Å². The summed E-state index contributed by atoms with van der Waals surface area (Å²) in [5, 5.41) is 12.6. The molecule has 0 unspecified atom stereocenters. The second-order valence-corrected chi connectivity index (χ2v) is 3.57. The number of hydrogen-bond acceptors (Lipinski definition) is 5. The summed E-state index contributed by atoms with van der Waals surface area (Å²) in [5.41, 5.74) is 0.206. The minimum absolute atomic E-state index is 0.114. The quantitative estimate of drug-likeness (QED) is 0.514. The van der Waals surface area contributed by atoms with Crippen LogP contribution in [0.1, 0.15) is 26.7 Å². The van der Waals surface area contributed by atoms with Gasteiger partial charge in [-0.05, 0) is 13.3 Å². The lowest BCUT2D eigenvalue weighted by Gasteiger charge is -2.08. The van der Waals surface area contributed by atoms with Gasteiger partial charge in [0.25, 0.3) is 0 Å². The Morgan fingerprint density at radius 1 is 1.62 bits per heavy atom. The number of unbranched alkanes of at least 4 members (excludes halogenated alkanes) is 1. The number of aliphatic hydroxyl groups is 1. The van der Waals surface area contributed by atoms with E-state index in [-0.39, 0.29) is 18.8 Å². The molecule has 0 aromatic carbocycles. The fourth-order valence-electron chi connectivity index (χ4n) is 1.44. The minimum Gasteiger partial charge on any atom is -0.476 e. The maximum absolute atomic E-state index is 11.5. The normalized spacial score (nSPS) is 19.6. The van der Waals surface area contributed by atoms with Gasteiger partial charge >= 0.3 is 5.97 Å². The average Bonchev–Trinajstić information content (AvgIpc) is 2.61. The molecule has 0 radical (unpaired) electrons. The van der Waals surface area contributed by atoms with E-state index in [9.17, 15) is 9.90 Å². The van der Waals surface area contributed by atoms with Crippen LogP contribution in [-0.2, 0) is 14.3 Å². The van der Waals surface area contributed by atoms with Crippen LogP contribution in [0.15, 0.2) is 11.5 Å². The van der Waals surface area contributed by atoms with Gasteiger partial charge in [0.1, 0.15) is 18.3 Å². The molecule has 0 amide bonds. The minimum atomic E-state index is -0.886. The van der Waals surface area contributed by atoms with E-state index in [4.69, 9.17) is 9.47 Å². The highest BCUT2D eigenvalue weighted by molar-refractivity contribution is 5.90. The first-order valence-corrected chi connectivity index (χ1v) is 5.66. The third kappa shape index (κ3) is 3.13. The smallest absolute Gasteiger partial charge is 0.342 e. The molecule has 2 N–H and O–H groups in total. The molecule has 5 nitrogen and oxygen atoms in total. The van der Waals surface area contributed by atoms with Crippen molar-refractivity contribution in [2.24, 2.45) is 0 Å². The van der Waals surface area contributed by atoms with Crippen molar-refractivity contribution in [2.75, 3.05) is 19.8 Å². The van der Waals surface area contributed by atoms with Crippen molar-refractivity contribution in [1.29, 1.82) is 0 Å². The van der Waals surface area contributed by atoms with Gasteiger partial charge in [-0.3, -0.25) is 0 Å². The topological polar surface area (TPSA) is 67.8 Å². The van der Waals surface area contributed by atoms with Gasteiger partial charge in [0, 0.05) is 6.54 Å². The number of ether oxygens (including phenoxy) is 2. The number of hydrogen-bond donors (Lipinski definition) is 2. The third-order valence-corrected chi connectivity index (χ3v) is 2.27. The van der Waals surface area contributed by atoms with Gasteiger partial charge in [0.2, 0.25) is 0 Å². The van der Waals surface area contributed by atoms with Crippen LogP contribution >= 0.6 is 0 Å². The fraction of sp³-hybridized carbons (Fsp3) is 0.727. The zero-order chi connectivity index (χ0) is 12.0. The second-order valence-electron chi connectivity index (χ2n) is 3.57. The fourth-order valence-corrected chi connectivity index (χ4v) is 1.44. The molecule has 1 atom stereocenters. The van der Waals surface area contributed by atoms with Crippen molar-refractivity contribution < 1.29 is 19.4 Å². The highest BCUT2D eigenvalue weighted by Gasteiger charge is 2.32. The van der Waals surface area contributed by atoms with E-state index < -0.39 is 12.1 Å². The van der Waals surface area contributed by atoms with Gasteiger partial charge in [-0.15, -0.1) is 0 Å². The zero-order valence-corrected chi connectivity index (χ0v) is 9.78. The number of aliphatic hydroxyl groups excluding tert-OH is 1. The van der Waals surface area contributed by atoms with E-state index in [1.54, 1.807) is 6.92 Å². The molecular formula is C11H19NO4. The second kappa shape index (κ2) is 6.37. The Morgan fingerprint density at radius 2 is 2.38 bits per heavy atom.